The highest BCUT2D eigenvalue weighted by atomic mass is 79.9. The molecule has 0 aromatic heterocycles. The summed E-state index contributed by atoms with van der Waals surface area (Å²) in [6, 6.07) is 16.7. The number of phenols is 1. The first-order valence-corrected chi connectivity index (χ1v) is 14.5. The average molecular weight is 635 g/mol. The van der Waals surface area contributed by atoms with E-state index in [0.29, 0.717) is 28.7 Å². The second kappa shape index (κ2) is 11.2. The second-order valence-electron chi connectivity index (χ2n) is 11.7. The molecule has 2 heterocycles. The Kier molecular flexibility index (Phi) is 7.85. The van der Waals surface area contributed by atoms with E-state index in [1.54, 1.807) is 62.9 Å². The zero-order valence-corrected chi connectivity index (χ0v) is 25.4. The Morgan fingerprint density at radius 2 is 1.64 bits per heavy atom. The number of imide groups is 1. The minimum absolute atomic E-state index is 0.0255. The first-order valence-electron chi connectivity index (χ1n) is 13.7. The van der Waals surface area contributed by atoms with Crippen molar-refractivity contribution in [2.45, 2.75) is 58.3 Å². The summed E-state index contributed by atoms with van der Waals surface area (Å²) in [5.41, 5.74) is 1.88. The molecular weight excluding hydrogens is 602 g/mol. The Labute approximate surface area is 252 Å². The SMILES string of the molecule is Cc1cc(CN2C(=O)c3ccccc3C2=O)cc(C(=O)NC2CC(c3ccc(Br)cc3)N(C(=O)OC(C)(C)C)C2)c1O. The van der Waals surface area contributed by atoms with E-state index in [1.807, 2.05) is 24.3 Å². The van der Waals surface area contributed by atoms with Gasteiger partial charge in [-0.2, -0.15) is 0 Å². The third-order valence-electron chi connectivity index (χ3n) is 7.34. The van der Waals surface area contributed by atoms with Crippen LogP contribution in [0.15, 0.2) is 65.1 Å². The van der Waals surface area contributed by atoms with Crippen molar-refractivity contribution in [3.63, 3.8) is 0 Å². The Morgan fingerprint density at radius 3 is 2.24 bits per heavy atom. The number of aromatic hydroxyl groups is 1. The molecule has 0 aliphatic carbocycles. The number of benzene rings is 3. The molecule has 1 fully saturated rings. The van der Waals surface area contributed by atoms with Gasteiger partial charge >= 0.3 is 6.09 Å². The van der Waals surface area contributed by atoms with E-state index in [1.165, 1.54) is 6.07 Å². The normalized spacial score (nSPS) is 18.3. The van der Waals surface area contributed by atoms with Gasteiger partial charge in [0.05, 0.1) is 29.3 Å². The molecule has 2 atom stereocenters. The number of rotatable bonds is 5. The number of halogens is 1. The van der Waals surface area contributed by atoms with Crippen LogP contribution in [-0.4, -0.2) is 56.9 Å². The number of ether oxygens (including phenoxy) is 1. The lowest BCUT2D eigenvalue weighted by molar-refractivity contribution is 0.0220. The molecule has 10 heteroatoms. The number of amides is 4. The topological polar surface area (TPSA) is 116 Å². The number of hydrogen-bond acceptors (Lipinski definition) is 6. The van der Waals surface area contributed by atoms with Gasteiger partial charge in [-0.15, -0.1) is 0 Å². The van der Waals surface area contributed by atoms with Crippen molar-refractivity contribution < 1.29 is 29.0 Å². The number of hydrogen-bond donors (Lipinski definition) is 2. The van der Waals surface area contributed by atoms with Crippen LogP contribution in [0.2, 0.25) is 0 Å². The van der Waals surface area contributed by atoms with Gasteiger partial charge in [-0.1, -0.05) is 46.3 Å². The molecule has 2 aliphatic rings. The molecule has 0 saturated carbocycles. The first-order chi connectivity index (χ1) is 19.8. The minimum atomic E-state index is -0.689. The molecule has 5 rings (SSSR count). The van der Waals surface area contributed by atoms with E-state index in [4.69, 9.17) is 4.74 Å². The number of carbonyl (C=O) groups excluding carboxylic acids is 4. The molecule has 0 spiro atoms. The van der Waals surface area contributed by atoms with E-state index in [2.05, 4.69) is 21.2 Å². The van der Waals surface area contributed by atoms with Crippen molar-refractivity contribution in [1.82, 2.24) is 15.1 Å². The van der Waals surface area contributed by atoms with Crippen LogP contribution in [0, 0.1) is 6.92 Å². The highest BCUT2D eigenvalue weighted by Crippen LogP contribution is 2.35. The molecule has 218 valence electrons. The summed E-state index contributed by atoms with van der Waals surface area (Å²) >= 11 is 3.44. The van der Waals surface area contributed by atoms with Crippen LogP contribution < -0.4 is 5.32 Å². The number of phenolic OH excluding ortho intramolecular Hbond substituents is 1. The maximum Gasteiger partial charge on any atom is 0.410 e. The van der Waals surface area contributed by atoms with E-state index in [9.17, 15) is 24.3 Å². The Balaban J connectivity index is 1.36. The highest BCUT2D eigenvalue weighted by Gasteiger charge is 2.40. The fraction of sp³-hybridized carbons (Fsp3) is 0.312. The fourth-order valence-electron chi connectivity index (χ4n) is 5.41. The van der Waals surface area contributed by atoms with Crippen LogP contribution >= 0.6 is 15.9 Å². The monoisotopic (exact) mass is 633 g/mol. The van der Waals surface area contributed by atoms with E-state index < -0.39 is 35.5 Å². The number of nitrogens with zero attached hydrogens (tertiary/aromatic N) is 2. The van der Waals surface area contributed by atoms with Crippen molar-refractivity contribution in [3.8, 4) is 5.75 Å². The predicted octanol–water partition coefficient (Wildman–Crippen LogP) is 5.74. The maximum atomic E-state index is 13.5. The summed E-state index contributed by atoms with van der Waals surface area (Å²) in [4.78, 5) is 55.2. The molecule has 1 saturated heterocycles. The molecule has 2 unspecified atom stereocenters. The number of aryl methyl sites for hydroxylation is 1. The molecule has 0 radical (unpaired) electrons. The fourth-order valence-corrected chi connectivity index (χ4v) is 5.68. The van der Waals surface area contributed by atoms with Crippen molar-refractivity contribution in [2.75, 3.05) is 6.54 Å². The molecule has 3 aromatic carbocycles. The van der Waals surface area contributed by atoms with Gasteiger partial charge in [0.15, 0.2) is 0 Å². The second-order valence-corrected chi connectivity index (χ2v) is 12.6. The molecule has 42 heavy (non-hydrogen) atoms. The lowest BCUT2D eigenvalue weighted by Gasteiger charge is -2.28. The smallest absolute Gasteiger partial charge is 0.410 e. The lowest BCUT2D eigenvalue weighted by Crippen LogP contribution is -2.40. The summed E-state index contributed by atoms with van der Waals surface area (Å²) in [5.74, 6) is -1.52. The van der Waals surface area contributed by atoms with Crippen LogP contribution in [0.3, 0.4) is 0 Å². The molecular formula is C32H32BrN3O6. The number of carbonyl (C=O) groups is 4. The number of likely N-dealkylation sites (tertiary alicyclic amines) is 1. The largest absolute Gasteiger partial charge is 0.507 e. The molecule has 2 N–H and O–H groups in total. The highest BCUT2D eigenvalue weighted by molar-refractivity contribution is 9.10. The van der Waals surface area contributed by atoms with Gasteiger partial charge in [0, 0.05) is 17.1 Å². The quantitative estimate of drug-likeness (QED) is 0.346. The third kappa shape index (κ3) is 5.90. The molecule has 2 aliphatic heterocycles. The van der Waals surface area contributed by atoms with Crippen LogP contribution in [0.4, 0.5) is 4.79 Å². The lowest BCUT2D eigenvalue weighted by atomic mass is 10.0. The van der Waals surface area contributed by atoms with Crippen molar-refractivity contribution in [3.05, 3.63) is 98.5 Å². The Morgan fingerprint density at radius 1 is 1.02 bits per heavy atom. The van der Waals surface area contributed by atoms with Crippen LogP contribution in [0.1, 0.15) is 81.0 Å². The summed E-state index contributed by atoms with van der Waals surface area (Å²) in [6.07, 6.45) is -0.0324. The summed E-state index contributed by atoms with van der Waals surface area (Å²) in [5, 5.41) is 13.8. The number of fused-ring (bicyclic) bond motifs is 1. The molecule has 0 bridgehead atoms. The molecule has 9 nitrogen and oxygen atoms in total. The van der Waals surface area contributed by atoms with Gasteiger partial charge in [-0.05, 0) is 81.1 Å². The Hall–Kier alpha value is -4.18. The first kappa shape index (κ1) is 29.3. The van der Waals surface area contributed by atoms with Gasteiger partial charge in [-0.3, -0.25) is 24.2 Å². The van der Waals surface area contributed by atoms with Crippen LogP contribution in [0.25, 0.3) is 0 Å². The molecule has 3 aromatic rings. The average Bonchev–Trinajstić information content (AvgIpc) is 3.45. The van der Waals surface area contributed by atoms with Crippen LogP contribution in [0.5, 0.6) is 5.75 Å². The Bertz CT molecular complexity index is 1550. The number of nitrogens with one attached hydrogen (secondary N) is 1. The van der Waals surface area contributed by atoms with E-state index in [0.717, 1.165) is 14.9 Å². The predicted molar refractivity (Wildman–Crippen MR) is 159 cm³/mol. The third-order valence-corrected chi connectivity index (χ3v) is 7.87. The summed E-state index contributed by atoms with van der Waals surface area (Å²) in [6.45, 7) is 7.23. The van der Waals surface area contributed by atoms with Crippen molar-refractivity contribution in [1.29, 1.82) is 0 Å². The van der Waals surface area contributed by atoms with Gasteiger partial charge in [0.2, 0.25) is 0 Å². The van der Waals surface area contributed by atoms with Gasteiger partial charge in [0.1, 0.15) is 11.4 Å². The zero-order chi connectivity index (χ0) is 30.3. The van der Waals surface area contributed by atoms with Crippen LogP contribution in [-0.2, 0) is 11.3 Å². The zero-order valence-electron chi connectivity index (χ0n) is 23.8. The van der Waals surface area contributed by atoms with Gasteiger partial charge in [-0.25, -0.2) is 4.79 Å². The maximum absolute atomic E-state index is 13.5. The molecule has 4 amide bonds. The van der Waals surface area contributed by atoms with E-state index >= 15 is 0 Å². The van der Waals surface area contributed by atoms with Gasteiger partial charge < -0.3 is 15.2 Å². The van der Waals surface area contributed by atoms with Crippen molar-refractivity contribution in [2.24, 2.45) is 0 Å². The van der Waals surface area contributed by atoms with Crippen molar-refractivity contribution >= 4 is 39.7 Å². The summed E-state index contributed by atoms with van der Waals surface area (Å²) < 4.78 is 6.56. The minimum Gasteiger partial charge on any atom is -0.507 e. The van der Waals surface area contributed by atoms with Gasteiger partial charge in [0.25, 0.3) is 17.7 Å². The summed E-state index contributed by atoms with van der Waals surface area (Å²) in [7, 11) is 0. The van der Waals surface area contributed by atoms with E-state index in [-0.39, 0.29) is 30.4 Å². The standard InChI is InChI=1S/C32H32BrN3O6/c1-18-13-19(16-36-29(39)23-7-5-6-8-24(23)30(36)40)14-25(27(18)37)28(38)34-22-15-26(20-9-11-21(33)12-10-20)35(17-22)31(41)42-32(2,3)4/h5-14,22,26,37H,15-17H2,1-4H3,(H,34,38).